The van der Waals surface area contributed by atoms with E-state index in [0.29, 0.717) is 18.7 Å². The van der Waals surface area contributed by atoms with Gasteiger partial charge in [0.25, 0.3) is 10.0 Å². The van der Waals surface area contributed by atoms with Gasteiger partial charge in [0.05, 0.1) is 13.2 Å². The minimum absolute atomic E-state index is 0.0659. The highest BCUT2D eigenvalue weighted by Gasteiger charge is 2.35. The fraction of sp³-hybridized carbons (Fsp3) is 0.312. The van der Waals surface area contributed by atoms with E-state index in [-0.39, 0.29) is 15.6 Å². The molecule has 0 amide bonds. The maximum atomic E-state index is 13.6. The van der Waals surface area contributed by atoms with Crippen LogP contribution in [0.2, 0.25) is 0 Å². The number of nitrogens with zero attached hydrogens (tertiary/aromatic N) is 1. The average molecular weight is 384 g/mol. The average Bonchev–Trinajstić information content (AvgIpc) is 3.12. The van der Waals surface area contributed by atoms with Crippen LogP contribution in [0.4, 0.5) is 4.39 Å². The van der Waals surface area contributed by atoms with Crippen LogP contribution in [0, 0.1) is 5.82 Å². The molecule has 134 valence electrons. The summed E-state index contributed by atoms with van der Waals surface area (Å²) >= 11 is 0.868. The smallest absolute Gasteiger partial charge is 0.348 e. The van der Waals surface area contributed by atoms with Crippen molar-refractivity contribution in [1.29, 1.82) is 0 Å². The number of benzene rings is 1. The molecule has 25 heavy (non-hydrogen) atoms. The first kappa shape index (κ1) is 18.0. The Balaban J connectivity index is 1.96. The van der Waals surface area contributed by atoms with E-state index >= 15 is 0 Å². The summed E-state index contributed by atoms with van der Waals surface area (Å²) in [6.45, 7) is 1.15. The van der Waals surface area contributed by atoms with Crippen LogP contribution in [-0.2, 0) is 14.8 Å². The molecule has 0 saturated carbocycles. The molecule has 2 aromatic rings. The Morgan fingerprint density at radius 3 is 2.88 bits per heavy atom. The van der Waals surface area contributed by atoms with Crippen molar-refractivity contribution in [3.05, 3.63) is 52.7 Å². The largest absolute Gasteiger partial charge is 0.465 e. The van der Waals surface area contributed by atoms with Gasteiger partial charge in [-0.1, -0.05) is 12.1 Å². The number of sulfonamides is 1. The summed E-state index contributed by atoms with van der Waals surface area (Å²) in [5.74, 6) is -0.988. The summed E-state index contributed by atoms with van der Waals surface area (Å²) in [7, 11) is -2.57. The van der Waals surface area contributed by atoms with Crippen LogP contribution in [-0.4, -0.2) is 45.4 Å². The number of halogens is 1. The fourth-order valence-electron chi connectivity index (χ4n) is 2.76. The summed E-state index contributed by atoms with van der Waals surface area (Å²) in [4.78, 5) is 11.8. The first-order chi connectivity index (χ1) is 11.9. The molecule has 1 fully saturated rings. The minimum Gasteiger partial charge on any atom is -0.465 e. The van der Waals surface area contributed by atoms with Crippen molar-refractivity contribution in [2.24, 2.45) is 0 Å². The van der Waals surface area contributed by atoms with Crippen molar-refractivity contribution in [2.75, 3.05) is 26.7 Å². The van der Waals surface area contributed by atoms with Crippen molar-refractivity contribution < 1.29 is 22.3 Å². The minimum atomic E-state index is -3.81. The van der Waals surface area contributed by atoms with Gasteiger partial charge < -0.3 is 10.1 Å². The molecule has 1 N–H and O–H groups in total. The van der Waals surface area contributed by atoms with Crippen LogP contribution in [0.1, 0.15) is 21.3 Å². The number of carbonyl (C=O) groups excluding carboxylic acids is 1. The number of hydrogen-bond acceptors (Lipinski definition) is 6. The Kier molecular flexibility index (Phi) is 5.19. The van der Waals surface area contributed by atoms with E-state index in [1.54, 1.807) is 12.1 Å². The van der Waals surface area contributed by atoms with Gasteiger partial charge in [0.15, 0.2) is 0 Å². The van der Waals surface area contributed by atoms with E-state index < -0.39 is 27.9 Å². The molecule has 1 unspecified atom stereocenters. The lowest BCUT2D eigenvalue weighted by molar-refractivity contribution is 0.0606. The summed E-state index contributed by atoms with van der Waals surface area (Å²) < 4.78 is 45.7. The molecule has 2 heterocycles. The summed E-state index contributed by atoms with van der Waals surface area (Å²) in [5, 5.41) is 3.14. The normalized spacial score (nSPS) is 18.9. The maximum absolute atomic E-state index is 13.6. The molecule has 3 rings (SSSR count). The predicted molar refractivity (Wildman–Crippen MR) is 91.6 cm³/mol. The monoisotopic (exact) mass is 384 g/mol. The second-order valence-corrected chi connectivity index (χ2v) is 8.70. The van der Waals surface area contributed by atoms with E-state index in [1.165, 1.54) is 35.7 Å². The molecule has 1 atom stereocenters. The fourth-order valence-corrected chi connectivity index (χ4v) is 5.72. The van der Waals surface area contributed by atoms with Crippen LogP contribution >= 0.6 is 11.3 Å². The molecule has 6 nitrogen and oxygen atoms in total. The highest BCUT2D eigenvalue weighted by molar-refractivity contribution is 7.91. The second-order valence-electron chi connectivity index (χ2n) is 5.50. The lowest BCUT2D eigenvalue weighted by atomic mass is 10.1. The van der Waals surface area contributed by atoms with E-state index in [1.807, 2.05) is 0 Å². The highest BCUT2D eigenvalue weighted by atomic mass is 32.2. The number of thiophene rings is 1. The van der Waals surface area contributed by atoms with Crippen LogP contribution < -0.4 is 5.32 Å². The molecule has 9 heteroatoms. The Hall–Kier alpha value is -1.81. The number of methoxy groups -OCH3 is 1. The summed E-state index contributed by atoms with van der Waals surface area (Å²) in [5.41, 5.74) is 0.584. The van der Waals surface area contributed by atoms with Gasteiger partial charge in [0.1, 0.15) is 14.9 Å². The third kappa shape index (κ3) is 3.59. The SMILES string of the molecule is COC(=O)c1ccc(S(=O)(=O)N2CCNCC2c2cccc(F)c2)s1. The Morgan fingerprint density at radius 1 is 1.36 bits per heavy atom. The van der Waals surface area contributed by atoms with Gasteiger partial charge >= 0.3 is 5.97 Å². The molecule has 1 saturated heterocycles. The van der Waals surface area contributed by atoms with Crippen LogP contribution in [0.5, 0.6) is 0 Å². The number of ether oxygens (including phenoxy) is 1. The van der Waals surface area contributed by atoms with Gasteiger partial charge in [0.2, 0.25) is 0 Å². The van der Waals surface area contributed by atoms with E-state index in [9.17, 15) is 17.6 Å². The number of hydrogen-bond donors (Lipinski definition) is 1. The zero-order chi connectivity index (χ0) is 18.0. The third-order valence-electron chi connectivity index (χ3n) is 3.96. The lowest BCUT2D eigenvalue weighted by Crippen LogP contribution is -2.48. The van der Waals surface area contributed by atoms with Crippen molar-refractivity contribution in [2.45, 2.75) is 10.3 Å². The molecule has 1 aromatic carbocycles. The third-order valence-corrected chi connectivity index (χ3v) is 7.40. The predicted octanol–water partition coefficient (Wildman–Crippen LogP) is 2.01. The van der Waals surface area contributed by atoms with Crippen molar-refractivity contribution in [3.63, 3.8) is 0 Å². The number of rotatable bonds is 4. The first-order valence-electron chi connectivity index (χ1n) is 7.59. The molecule has 0 aliphatic carbocycles. The molecule has 0 radical (unpaired) electrons. The molecule has 0 bridgehead atoms. The topological polar surface area (TPSA) is 75.7 Å². The Labute approximate surface area is 149 Å². The standard InChI is InChI=1S/C16H17FN2O4S2/c1-23-16(20)14-5-6-15(24-14)25(21,22)19-8-7-18-10-13(19)11-3-2-4-12(17)9-11/h2-6,9,13,18H,7-8,10H2,1H3. The van der Waals surface area contributed by atoms with Crippen molar-refractivity contribution >= 4 is 27.3 Å². The zero-order valence-electron chi connectivity index (χ0n) is 13.4. The van der Waals surface area contributed by atoms with E-state index in [4.69, 9.17) is 0 Å². The van der Waals surface area contributed by atoms with E-state index in [0.717, 1.165) is 11.3 Å². The van der Waals surface area contributed by atoms with Gasteiger partial charge in [-0.25, -0.2) is 17.6 Å². The molecular weight excluding hydrogens is 367 g/mol. The highest BCUT2D eigenvalue weighted by Crippen LogP contribution is 2.32. The molecular formula is C16H17FN2O4S2. The van der Waals surface area contributed by atoms with Gasteiger partial charge in [0, 0.05) is 19.6 Å². The Morgan fingerprint density at radius 2 is 2.16 bits per heavy atom. The van der Waals surface area contributed by atoms with Gasteiger partial charge in [-0.3, -0.25) is 0 Å². The van der Waals surface area contributed by atoms with Gasteiger partial charge in [-0.15, -0.1) is 11.3 Å². The molecule has 1 aliphatic rings. The van der Waals surface area contributed by atoms with Crippen LogP contribution in [0.3, 0.4) is 0 Å². The number of nitrogens with one attached hydrogen (secondary N) is 1. The number of piperazine rings is 1. The Bertz CT molecular complexity index is 882. The molecule has 1 aliphatic heterocycles. The van der Waals surface area contributed by atoms with Gasteiger partial charge in [-0.05, 0) is 29.8 Å². The lowest BCUT2D eigenvalue weighted by Gasteiger charge is -2.35. The number of esters is 1. The van der Waals surface area contributed by atoms with Crippen molar-refractivity contribution in [3.8, 4) is 0 Å². The summed E-state index contributed by atoms with van der Waals surface area (Å²) in [6.07, 6.45) is 0. The van der Waals surface area contributed by atoms with Gasteiger partial charge in [-0.2, -0.15) is 4.31 Å². The van der Waals surface area contributed by atoms with Crippen LogP contribution in [0.25, 0.3) is 0 Å². The second kappa shape index (κ2) is 7.20. The zero-order valence-corrected chi connectivity index (χ0v) is 15.1. The first-order valence-corrected chi connectivity index (χ1v) is 9.85. The quantitative estimate of drug-likeness (QED) is 0.816. The maximum Gasteiger partial charge on any atom is 0.348 e. The molecule has 0 spiro atoms. The van der Waals surface area contributed by atoms with Crippen molar-refractivity contribution in [1.82, 2.24) is 9.62 Å². The summed E-state index contributed by atoms with van der Waals surface area (Å²) in [6, 6.07) is 8.25. The number of carbonyl (C=O) groups is 1. The molecule has 1 aromatic heterocycles. The van der Waals surface area contributed by atoms with Crippen LogP contribution in [0.15, 0.2) is 40.6 Å². The van der Waals surface area contributed by atoms with E-state index in [2.05, 4.69) is 10.1 Å².